The van der Waals surface area contributed by atoms with Crippen molar-refractivity contribution in [1.29, 1.82) is 0 Å². The molecule has 4 aliphatic rings. The Morgan fingerprint density at radius 1 is 1.00 bits per heavy atom. The second kappa shape index (κ2) is 10.8. The summed E-state index contributed by atoms with van der Waals surface area (Å²) >= 11 is 0. The molecule has 3 amide bonds. The van der Waals surface area contributed by atoms with Crippen LogP contribution in [0.5, 0.6) is 0 Å². The van der Waals surface area contributed by atoms with Gasteiger partial charge >= 0.3 is 6.03 Å². The van der Waals surface area contributed by atoms with E-state index in [2.05, 4.69) is 21.0 Å². The van der Waals surface area contributed by atoms with Gasteiger partial charge < -0.3 is 19.9 Å². The molecule has 11 heteroatoms. The number of likely N-dealkylation sites (tertiary alicyclic amines) is 1. The van der Waals surface area contributed by atoms with Gasteiger partial charge in [0, 0.05) is 57.4 Å². The quantitative estimate of drug-likeness (QED) is 0.595. The first-order valence-electron chi connectivity index (χ1n) is 13.7. The molecular formula is C29H33N7O4. The van der Waals surface area contributed by atoms with E-state index >= 15 is 0 Å². The monoisotopic (exact) mass is 543 g/mol. The summed E-state index contributed by atoms with van der Waals surface area (Å²) in [6, 6.07) is 12.2. The van der Waals surface area contributed by atoms with E-state index < -0.39 is 12.1 Å². The Labute approximate surface area is 232 Å². The molecule has 0 spiro atoms. The van der Waals surface area contributed by atoms with E-state index in [9.17, 15) is 14.4 Å². The number of hydrazine groups is 1. The Balaban J connectivity index is 1.14. The maximum Gasteiger partial charge on any atom is 0.333 e. The number of hydrogen-bond acceptors (Lipinski definition) is 8. The Kier molecular flexibility index (Phi) is 7.07. The lowest BCUT2D eigenvalue weighted by molar-refractivity contribution is 0.0207. The molecule has 1 atom stereocenters. The molecule has 40 heavy (non-hydrogen) atoms. The maximum atomic E-state index is 13.7. The van der Waals surface area contributed by atoms with Gasteiger partial charge in [0.15, 0.2) is 5.78 Å². The second-order valence-electron chi connectivity index (χ2n) is 10.7. The highest BCUT2D eigenvalue weighted by atomic mass is 16.5. The molecule has 3 heterocycles. The number of amides is 3. The van der Waals surface area contributed by atoms with Crippen molar-refractivity contribution in [3.63, 3.8) is 0 Å². The minimum absolute atomic E-state index is 0.0164. The van der Waals surface area contributed by atoms with Crippen LogP contribution in [0.15, 0.2) is 64.0 Å². The van der Waals surface area contributed by atoms with Gasteiger partial charge in [-0.05, 0) is 48.7 Å². The summed E-state index contributed by atoms with van der Waals surface area (Å²) in [5, 5.41) is 13.6. The van der Waals surface area contributed by atoms with E-state index in [1.807, 2.05) is 60.3 Å². The summed E-state index contributed by atoms with van der Waals surface area (Å²) in [6.07, 6.45) is 1.42. The van der Waals surface area contributed by atoms with E-state index in [0.29, 0.717) is 74.6 Å². The molecule has 0 aromatic heterocycles. The minimum atomic E-state index is -0.448. The third-order valence-corrected chi connectivity index (χ3v) is 8.01. The number of piperidine rings is 1. The number of nitrogens with one attached hydrogen (secondary N) is 2. The summed E-state index contributed by atoms with van der Waals surface area (Å²) in [7, 11) is 3.94. The van der Waals surface area contributed by atoms with E-state index in [-0.39, 0.29) is 17.6 Å². The van der Waals surface area contributed by atoms with E-state index in [1.165, 1.54) is 0 Å². The highest BCUT2D eigenvalue weighted by Gasteiger charge is 2.44. The first-order chi connectivity index (χ1) is 19.4. The average molecular weight is 544 g/mol. The normalized spacial score (nSPS) is 20.9. The fourth-order valence-electron chi connectivity index (χ4n) is 5.83. The molecule has 6 rings (SSSR count). The summed E-state index contributed by atoms with van der Waals surface area (Å²) in [4.78, 5) is 43.4. The molecular weight excluding hydrogens is 510 g/mol. The first kappa shape index (κ1) is 26.1. The predicted molar refractivity (Wildman–Crippen MR) is 149 cm³/mol. The van der Waals surface area contributed by atoms with Crippen LogP contribution in [0.1, 0.15) is 45.2 Å². The number of azo groups is 1. The van der Waals surface area contributed by atoms with Crippen LogP contribution in [0.3, 0.4) is 0 Å². The molecule has 2 N–H and O–H groups in total. The zero-order valence-corrected chi connectivity index (χ0v) is 22.7. The van der Waals surface area contributed by atoms with Gasteiger partial charge in [0.2, 0.25) is 0 Å². The molecule has 1 unspecified atom stereocenters. The number of ether oxygens (including phenoxy) is 1. The number of benzene rings is 2. The molecule has 208 valence electrons. The molecule has 2 saturated heterocycles. The van der Waals surface area contributed by atoms with Crippen LogP contribution in [0.2, 0.25) is 0 Å². The van der Waals surface area contributed by atoms with Crippen molar-refractivity contribution in [1.82, 2.24) is 15.3 Å². The maximum absolute atomic E-state index is 13.7. The van der Waals surface area contributed by atoms with Crippen LogP contribution in [0.25, 0.3) is 0 Å². The molecule has 11 nitrogen and oxygen atoms in total. The van der Waals surface area contributed by atoms with Gasteiger partial charge in [-0.1, -0.05) is 12.1 Å². The number of Topliss-reactive ketones (excluding diaryl/α,β-unsaturated/α-hetero) is 1. The largest absolute Gasteiger partial charge is 0.379 e. The SMILES string of the molecule is CN(C)c1ccc(C(=O)N2CCC(C3=C4C(=O)c5c(NC(=O)NN6CCOCC6)cccc5C4N=N3)CC2)cc1. The number of hydrogen-bond donors (Lipinski definition) is 2. The van der Waals surface area contributed by atoms with Crippen LogP contribution in [-0.2, 0) is 4.74 Å². The molecule has 1 aliphatic carbocycles. The number of nitrogens with zero attached hydrogens (tertiary/aromatic N) is 5. The topological polar surface area (TPSA) is 119 Å². The molecule has 0 bridgehead atoms. The number of carbonyl (C=O) groups excluding carboxylic acids is 3. The van der Waals surface area contributed by atoms with Crippen LogP contribution in [-0.4, -0.2) is 81.1 Å². The highest BCUT2D eigenvalue weighted by molar-refractivity contribution is 6.19. The molecule has 2 aromatic rings. The summed E-state index contributed by atoms with van der Waals surface area (Å²) in [5.74, 6) is -0.0762. The van der Waals surface area contributed by atoms with Crippen molar-refractivity contribution in [3.8, 4) is 0 Å². The van der Waals surface area contributed by atoms with Crippen LogP contribution in [0.4, 0.5) is 16.2 Å². The van der Waals surface area contributed by atoms with Crippen molar-refractivity contribution < 1.29 is 19.1 Å². The third-order valence-electron chi connectivity index (χ3n) is 8.01. The van der Waals surface area contributed by atoms with Gasteiger partial charge in [-0.25, -0.2) is 9.80 Å². The standard InChI is InChI=1S/C29H33N7O4/c1-34(2)20-8-6-19(7-9-20)28(38)35-12-10-18(11-13-35)25-24-26(32-31-25)21-4-3-5-22(23(21)27(24)37)30-29(39)33-36-14-16-40-17-15-36/h3-9,18,26H,10-17H2,1-2H3,(H2,30,33,39). The molecule has 0 radical (unpaired) electrons. The van der Waals surface area contributed by atoms with E-state index in [0.717, 1.165) is 16.9 Å². The smallest absolute Gasteiger partial charge is 0.333 e. The van der Waals surface area contributed by atoms with Crippen molar-refractivity contribution in [2.24, 2.45) is 16.1 Å². The molecule has 3 aliphatic heterocycles. The van der Waals surface area contributed by atoms with Gasteiger partial charge in [0.1, 0.15) is 6.04 Å². The number of ketones is 1. The number of urea groups is 1. The molecule has 2 aromatic carbocycles. The Morgan fingerprint density at radius 2 is 1.73 bits per heavy atom. The van der Waals surface area contributed by atoms with Gasteiger partial charge in [0.25, 0.3) is 5.91 Å². The Hall–Kier alpha value is -4.09. The fraction of sp³-hybridized carbons (Fsp3) is 0.414. The Morgan fingerprint density at radius 3 is 2.42 bits per heavy atom. The van der Waals surface area contributed by atoms with Crippen molar-refractivity contribution in [2.75, 3.05) is 63.7 Å². The average Bonchev–Trinajstić information content (AvgIpc) is 3.53. The van der Waals surface area contributed by atoms with E-state index in [1.54, 1.807) is 11.1 Å². The first-order valence-corrected chi connectivity index (χ1v) is 13.7. The van der Waals surface area contributed by atoms with Crippen molar-refractivity contribution >= 4 is 29.1 Å². The third kappa shape index (κ3) is 4.86. The zero-order valence-electron chi connectivity index (χ0n) is 22.7. The summed E-state index contributed by atoms with van der Waals surface area (Å²) in [5.41, 5.74) is 7.56. The zero-order chi connectivity index (χ0) is 27.8. The molecule has 2 fully saturated rings. The second-order valence-corrected chi connectivity index (χ2v) is 10.7. The number of rotatable bonds is 5. The fourth-order valence-corrected chi connectivity index (χ4v) is 5.83. The number of anilines is 2. The minimum Gasteiger partial charge on any atom is -0.379 e. The number of carbonyl (C=O) groups is 3. The van der Waals surface area contributed by atoms with Gasteiger partial charge in [-0.15, -0.1) is 0 Å². The number of morpholine rings is 1. The van der Waals surface area contributed by atoms with Gasteiger partial charge in [-0.2, -0.15) is 10.2 Å². The molecule has 0 saturated carbocycles. The number of allylic oxidation sites excluding steroid dienone is 1. The summed E-state index contributed by atoms with van der Waals surface area (Å²) < 4.78 is 5.32. The van der Waals surface area contributed by atoms with Crippen LogP contribution < -0.4 is 15.6 Å². The van der Waals surface area contributed by atoms with Gasteiger partial charge in [-0.3, -0.25) is 15.0 Å². The van der Waals surface area contributed by atoms with E-state index in [4.69, 9.17) is 4.74 Å². The lowest BCUT2D eigenvalue weighted by Crippen LogP contribution is -2.49. The highest BCUT2D eigenvalue weighted by Crippen LogP contribution is 2.49. The van der Waals surface area contributed by atoms with Crippen LogP contribution in [0, 0.1) is 5.92 Å². The van der Waals surface area contributed by atoms with Gasteiger partial charge in [0.05, 0.1) is 35.7 Å². The number of fused-ring (bicyclic) bond motifs is 3. The van der Waals surface area contributed by atoms with Crippen molar-refractivity contribution in [3.05, 3.63) is 70.4 Å². The summed E-state index contributed by atoms with van der Waals surface area (Å²) in [6.45, 7) is 3.49. The lowest BCUT2D eigenvalue weighted by Gasteiger charge is -2.32. The predicted octanol–water partition coefficient (Wildman–Crippen LogP) is 3.63. The van der Waals surface area contributed by atoms with Crippen LogP contribution >= 0.6 is 0 Å². The Bertz CT molecular complexity index is 1390. The lowest BCUT2D eigenvalue weighted by atomic mass is 9.89. The van der Waals surface area contributed by atoms with Crippen molar-refractivity contribution in [2.45, 2.75) is 18.9 Å².